The molecular weight excluding hydrogens is 492 g/mol. The zero-order chi connectivity index (χ0) is 28.4. The van der Waals surface area contributed by atoms with Crippen LogP contribution in [-0.2, 0) is 5.41 Å². The first-order valence-electron chi connectivity index (χ1n) is 13.6. The van der Waals surface area contributed by atoms with Gasteiger partial charge in [0.15, 0.2) is 0 Å². The van der Waals surface area contributed by atoms with Crippen molar-refractivity contribution in [2.24, 2.45) is 0 Å². The van der Waals surface area contributed by atoms with Crippen molar-refractivity contribution in [2.75, 3.05) is 0 Å². The van der Waals surface area contributed by atoms with Crippen LogP contribution in [0.2, 0.25) is 0 Å². The molecule has 0 fully saturated rings. The van der Waals surface area contributed by atoms with Gasteiger partial charge in [-0.15, -0.1) is 0 Å². The smallest absolute Gasteiger partial charge is 0.339 e. The van der Waals surface area contributed by atoms with Gasteiger partial charge >= 0.3 is 5.97 Å². The minimum Gasteiger partial charge on any atom is -0.507 e. The van der Waals surface area contributed by atoms with E-state index in [-0.39, 0.29) is 17.2 Å². The van der Waals surface area contributed by atoms with Gasteiger partial charge in [-0.25, -0.2) is 4.79 Å². The molecule has 1 atom stereocenters. The molecule has 0 aliphatic heterocycles. The van der Waals surface area contributed by atoms with Crippen LogP contribution in [0.1, 0.15) is 73.3 Å². The van der Waals surface area contributed by atoms with E-state index in [1.165, 1.54) is 0 Å². The molecule has 200 valence electrons. The average molecular weight is 527 g/mol. The number of aromatic hydroxyl groups is 1. The van der Waals surface area contributed by atoms with Crippen LogP contribution in [0, 0.1) is 20.8 Å². The molecule has 0 heterocycles. The SMILES string of the molecule is Cc1ccccc1C(c1cc(C(=O)O)c(O)c(C(C)c2ccccc2)c1)(c1ccccc1C)c1ccccc1C. The Bertz CT molecular complexity index is 1570. The van der Waals surface area contributed by atoms with Crippen molar-refractivity contribution >= 4 is 5.97 Å². The number of rotatable bonds is 7. The van der Waals surface area contributed by atoms with Gasteiger partial charge in [-0.2, -0.15) is 0 Å². The molecule has 5 aromatic carbocycles. The Morgan fingerprint density at radius 1 is 0.650 bits per heavy atom. The van der Waals surface area contributed by atoms with Crippen molar-refractivity contribution in [3.63, 3.8) is 0 Å². The number of aryl methyl sites for hydroxylation is 3. The molecule has 5 rings (SSSR count). The predicted octanol–water partition coefficient (Wildman–Crippen LogP) is 8.55. The van der Waals surface area contributed by atoms with E-state index < -0.39 is 11.4 Å². The molecule has 0 saturated carbocycles. The number of benzene rings is 5. The lowest BCUT2D eigenvalue weighted by Crippen LogP contribution is -2.34. The summed E-state index contributed by atoms with van der Waals surface area (Å²) in [5.74, 6) is -1.59. The largest absolute Gasteiger partial charge is 0.507 e. The Morgan fingerprint density at radius 2 is 1.07 bits per heavy atom. The summed E-state index contributed by atoms with van der Waals surface area (Å²) in [7, 11) is 0. The molecule has 3 heteroatoms. The molecule has 0 spiro atoms. The van der Waals surface area contributed by atoms with Gasteiger partial charge in [0, 0.05) is 11.5 Å². The minimum atomic E-state index is -1.16. The quantitative estimate of drug-likeness (QED) is 0.209. The van der Waals surface area contributed by atoms with E-state index in [1.807, 2.05) is 79.7 Å². The zero-order valence-corrected chi connectivity index (χ0v) is 23.3. The number of hydrogen-bond donors (Lipinski definition) is 2. The molecule has 40 heavy (non-hydrogen) atoms. The predicted molar refractivity (Wildman–Crippen MR) is 162 cm³/mol. The van der Waals surface area contributed by atoms with Crippen molar-refractivity contribution in [1.29, 1.82) is 0 Å². The molecule has 5 aromatic rings. The third-order valence-electron chi connectivity index (χ3n) is 8.22. The number of aromatic carboxylic acids is 1. The lowest BCUT2D eigenvalue weighted by molar-refractivity contribution is 0.0693. The molecule has 0 bridgehead atoms. The highest BCUT2D eigenvalue weighted by Gasteiger charge is 2.42. The fourth-order valence-electron chi connectivity index (χ4n) is 6.17. The van der Waals surface area contributed by atoms with E-state index >= 15 is 0 Å². The second-order valence-corrected chi connectivity index (χ2v) is 10.6. The van der Waals surface area contributed by atoms with Crippen molar-refractivity contribution in [3.8, 4) is 5.75 Å². The Balaban J connectivity index is 2.00. The minimum absolute atomic E-state index is 0.101. The summed E-state index contributed by atoms with van der Waals surface area (Å²) < 4.78 is 0. The van der Waals surface area contributed by atoms with E-state index in [1.54, 1.807) is 6.07 Å². The van der Waals surface area contributed by atoms with Crippen LogP contribution >= 0.6 is 0 Å². The monoisotopic (exact) mass is 526 g/mol. The van der Waals surface area contributed by atoms with Crippen LogP contribution in [0.4, 0.5) is 0 Å². The van der Waals surface area contributed by atoms with Crippen LogP contribution < -0.4 is 0 Å². The van der Waals surface area contributed by atoms with Crippen LogP contribution in [0.3, 0.4) is 0 Å². The molecule has 0 aromatic heterocycles. The van der Waals surface area contributed by atoms with Gasteiger partial charge in [-0.05, 0) is 77.4 Å². The summed E-state index contributed by atoms with van der Waals surface area (Å²) in [6, 6.07) is 38.5. The maximum Gasteiger partial charge on any atom is 0.339 e. The molecule has 0 aliphatic rings. The molecule has 0 aliphatic carbocycles. The molecule has 0 amide bonds. The van der Waals surface area contributed by atoms with E-state index in [4.69, 9.17) is 0 Å². The van der Waals surface area contributed by atoms with Crippen molar-refractivity contribution in [1.82, 2.24) is 0 Å². The van der Waals surface area contributed by atoms with Crippen LogP contribution in [-0.4, -0.2) is 16.2 Å². The number of carboxylic acid groups (broad SMARTS) is 1. The molecule has 0 saturated heterocycles. The highest BCUT2D eigenvalue weighted by molar-refractivity contribution is 5.92. The van der Waals surface area contributed by atoms with Gasteiger partial charge in [0.25, 0.3) is 0 Å². The molecular formula is C37H34O3. The van der Waals surface area contributed by atoms with Crippen LogP contribution in [0.25, 0.3) is 0 Å². The highest BCUT2D eigenvalue weighted by Crippen LogP contribution is 2.50. The summed E-state index contributed by atoms with van der Waals surface area (Å²) in [6.07, 6.45) is 0. The summed E-state index contributed by atoms with van der Waals surface area (Å²) in [5, 5.41) is 21.7. The van der Waals surface area contributed by atoms with Crippen LogP contribution in [0.15, 0.2) is 115 Å². The third kappa shape index (κ3) is 4.48. The number of carbonyl (C=O) groups is 1. The van der Waals surface area contributed by atoms with E-state index in [0.29, 0.717) is 5.56 Å². The van der Waals surface area contributed by atoms with E-state index in [9.17, 15) is 15.0 Å². The van der Waals surface area contributed by atoms with Gasteiger partial charge in [0.05, 0.1) is 5.41 Å². The highest BCUT2D eigenvalue weighted by atomic mass is 16.4. The lowest BCUT2D eigenvalue weighted by atomic mass is 9.61. The number of carboxylic acids is 1. The number of hydrogen-bond acceptors (Lipinski definition) is 2. The maximum atomic E-state index is 12.7. The molecule has 2 N–H and O–H groups in total. The van der Waals surface area contributed by atoms with Crippen molar-refractivity contribution in [2.45, 2.75) is 39.0 Å². The fraction of sp³-hybridized carbons (Fsp3) is 0.162. The van der Waals surface area contributed by atoms with Gasteiger partial charge < -0.3 is 10.2 Å². The Labute approximate surface area is 236 Å². The third-order valence-corrected chi connectivity index (χ3v) is 8.22. The summed E-state index contributed by atoms with van der Waals surface area (Å²) >= 11 is 0. The summed E-state index contributed by atoms with van der Waals surface area (Å²) in [4.78, 5) is 12.7. The average Bonchev–Trinajstić information content (AvgIpc) is 2.96. The first-order chi connectivity index (χ1) is 19.3. The topological polar surface area (TPSA) is 57.5 Å². The van der Waals surface area contributed by atoms with E-state index in [2.05, 4.69) is 57.2 Å². The van der Waals surface area contributed by atoms with Gasteiger partial charge in [-0.1, -0.05) is 110 Å². The zero-order valence-electron chi connectivity index (χ0n) is 23.3. The number of phenols is 1. The first kappa shape index (κ1) is 27.0. The Morgan fingerprint density at radius 3 is 1.50 bits per heavy atom. The van der Waals surface area contributed by atoms with Gasteiger partial charge in [0.2, 0.25) is 0 Å². The fourth-order valence-corrected chi connectivity index (χ4v) is 6.17. The van der Waals surface area contributed by atoms with E-state index in [0.717, 1.165) is 44.5 Å². The van der Waals surface area contributed by atoms with Crippen molar-refractivity contribution in [3.05, 3.63) is 171 Å². The lowest BCUT2D eigenvalue weighted by Gasteiger charge is -2.40. The molecule has 1 unspecified atom stereocenters. The standard InChI is InChI=1S/C37H34O3/c1-24-14-8-11-19-32(24)37(33-20-12-9-15-25(33)2,34-21-13-10-16-26(34)3)29-22-30(35(38)31(23-29)36(39)40)27(4)28-17-6-5-7-18-28/h5-23,27,38H,1-4H3,(H,39,40). The second kappa shape index (κ2) is 10.9. The summed E-state index contributed by atoms with van der Waals surface area (Å²) in [6.45, 7) is 8.32. The second-order valence-electron chi connectivity index (χ2n) is 10.6. The maximum absolute atomic E-state index is 12.7. The van der Waals surface area contributed by atoms with Gasteiger partial charge in [0.1, 0.15) is 11.3 Å². The normalized spacial score (nSPS) is 12.2. The van der Waals surface area contributed by atoms with Gasteiger partial charge in [-0.3, -0.25) is 0 Å². The first-order valence-corrected chi connectivity index (χ1v) is 13.6. The Hall–Kier alpha value is -4.63. The molecule has 3 nitrogen and oxygen atoms in total. The Kier molecular flexibility index (Phi) is 7.32. The summed E-state index contributed by atoms with van der Waals surface area (Å²) in [5.41, 5.74) is 7.93. The van der Waals surface area contributed by atoms with Crippen LogP contribution in [0.5, 0.6) is 5.75 Å². The molecule has 0 radical (unpaired) electrons. The van der Waals surface area contributed by atoms with Crippen molar-refractivity contribution < 1.29 is 15.0 Å².